The van der Waals surface area contributed by atoms with Crippen LogP contribution in [-0.2, 0) is 0 Å². The summed E-state index contributed by atoms with van der Waals surface area (Å²) in [6.45, 7) is 16.7. The Hall–Kier alpha value is -0.780. The molecule has 0 aromatic heterocycles. The predicted octanol–water partition coefficient (Wildman–Crippen LogP) is 4.75. The standard InChI is InChI=1S/C14H24/c1-7-14(10-12(4)5)13(6)9-8-11(2)3/h8-9,12,14H,2,6-7,10H2,1,3-5H3. The van der Waals surface area contributed by atoms with Gasteiger partial charge >= 0.3 is 0 Å². The quantitative estimate of drug-likeness (QED) is 0.533. The lowest BCUT2D eigenvalue weighted by molar-refractivity contribution is 0.454. The van der Waals surface area contributed by atoms with Gasteiger partial charge in [0.05, 0.1) is 0 Å². The molecule has 1 atom stereocenters. The molecule has 0 saturated carbocycles. The Bertz CT molecular complexity index is 218. The van der Waals surface area contributed by atoms with E-state index in [1.54, 1.807) is 0 Å². The summed E-state index contributed by atoms with van der Waals surface area (Å²) >= 11 is 0. The van der Waals surface area contributed by atoms with Crippen molar-refractivity contribution in [1.29, 1.82) is 0 Å². The van der Waals surface area contributed by atoms with Gasteiger partial charge in [-0.2, -0.15) is 0 Å². The first-order valence-electron chi connectivity index (χ1n) is 5.49. The largest absolute Gasteiger partial charge is 0.0961 e. The molecule has 80 valence electrons. The van der Waals surface area contributed by atoms with Crippen molar-refractivity contribution < 1.29 is 0 Å². The van der Waals surface area contributed by atoms with Gasteiger partial charge in [0.15, 0.2) is 0 Å². The van der Waals surface area contributed by atoms with Crippen molar-refractivity contribution in [3.05, 3.63) is 36.5 Å². The van der Waals surface area contributed by atoms with Crippen molar-refractivity contribution >= 4 is 0 Å². The summed E-state index contributed by atoms with van der Waals surface area (Å²) in [7, 11) is 0. The third kappa shape index (κ3) is 5.80. The molecule has 0 radical (unpaired) electrons. The molecule has 0 N–H and O–H groups in total. The highest BCUT2D eigenvalue weighted by atomic mass is 14.1. The van der Waals surface area contributed by atoms with Gasteiger partial charge in [-0.15, -0.1) is 0 Å². The fourth-order valence-electron chi connectivity index (χ4n) is 1.53. The molecular weight excluding hydrogens is 168 g/mol. The third-order valence-corrected chi connectivity index (χ3v) is 2.36. The average Bonchev–Trinajstić information content (AvgIpc) is 2.09. The first kappa shape index (κ1) is 13.2. The van der Waals surface area contributed by atoms with Gasteiger partial charge in [0.1, 0.15) is 0 Å². The van der Waals surface area contributed by atoms with Crippen molar-refractivity contribution in [2.45, 2.75) is 40.5 Å². The monoisotopic (exact) mass is 192 g/mol. The molecule has 0 fully saturated rings. The highest BCUT2D eigenvalue weighted by molar-refractivity contribution is 5.24. The number of rotatable bonds is 6. The van der Waals surface area contributed by atoms with Gasteiger partial charge in [0.2, 0.25) is 0 Å². The smallest absolute Gasteiger partial charge is 0.0168 e. The van der Waals surface area contributed by atoms with Crippen LogP contribution in [0.5, 0.6) is 0 Å². The van der Waals surface area contributed by atoms with E-state index in [2.05, 4.69) is 40.0 Å². The number of hydrogen-bond acceptors (Lipinski definition) is 0. The SMILES string of the molecule is C=C(C)C=CC(=C)C(CC)CC(C)C. The van der Waals surface area contributed by atoms with Crippen molar-refractivity contribution in [2.24, 2.45) is 11.8 Å². The molecule has 0 heteroatoms. The molecule has 0 aliphatic rings. The fourth-order valence-corrected chi connectivity index (χ4v) is 1.53. The van der Waals surface area contributed by atoms with E-state index in [0.29, 0.717) is 5.92 Å². The van der Waals surface area contributed by atoms with E-state index in [1.165, 1.54) is 18.4 Å². The summed E-state index contributed by atoms with van der Waals surface area (Å²) in [4.78, 5) is 0. The summed E-state index contributed by atoms with van der Waals surface area (Å²) in [5, 5.41) is 0. The Kier molecular flexibility index (Phi) is 6.27. The number of hydrogen-bond donors (Lipinski definition) is 0. The van der Waals surface area contributed by atoms with Gasteiger partial charge in [-0.1, -0.05) is 57.2 Å². The van der Waals surface area contributed by atoms with Crippen LogP contribution >= 0.6 is 0 Å². The number of allylic oxidation sites excluding steroid dienone is 4. The summed E-state index contributed by atoms with van der Waals surface area (Å²) in [6, 6.07) is 0. The van der Waals surface area contributed by atoms with Crippen LogP contribution in [0.25, 0.3) is 0 Å². The van der Waals surface area contributed by atoms with Gasteiger partial charge in [-0.3, -0.25) is 0 Å². The molecule has 0 aromatic carbocycles. The molecule has 0 aliphatic heterocycles. The van der Waals surface area contributed by atoms with Gasteiger partial charge in [-0.05, 0) is 31.6 Å². The average molecular weight is 192 g/mol. The Morgan fingerprint density at radius 1 is 1.21 bits per heavy atom. The van der Waals surface area contributed by atoms with Crippen LogP contribution < -0.4 is 0 Å². The van der Waals surface area contributed by atoms with Gasteiger partial charge in [0.25, 0.3) is 0 Å². The van der Waals surface area contributed by atoms with E-state index in [1.807, 2.05) is 13.0 Å². The molecule has 1 unspecified atom stereocenters. The van der Waals surface area contributed by atoms with Crippen LogP contribution in [0.2, 0.25) is 0 Å². The minimum absolute atomic E-state index is 0.630. The molecule has 0 aliphatic carbocycles. The molecule has 0 bridgehead atoms. The maximum Gasteiger partial charge on any atom is -0.0168 e. The molecule has 0 nitrogen and oxygen atoms in total. The second-order valence-corrected chi connectivity index (χ2v) is 4.49. The Morgan fingerprint density at radius 3 is 2.14 bits per heavy atom. The zero-order valence-electron chi connectivity index (χ0n) is 10.1. The lowest BCUT2D eigenvalue weighted by Gasteiger charge is -2.17. The zero-order chi connectivity index (χ0) is 11.1. The summed E-state index contributed by atoms with van der Waals surface area (Å²) < 4.78 is 0. The Labute approximate surface area is 89.4 Å². The van der Waals surface area contributed by atoms with Crippen molar-refractivity contribution in [2.75, 3.05) is 0 Å². The second-order valence-electron chi connectivity index (χ2n) is 4.49. The highest BCUT2D eigenvalue weighted by Gasteiger charge is 2.09. The molecule has 0 spiro atoms. The van der Waals surface area contributed by atoms with Crippen LogP contribution in [0.15, 0.2) is 36.5 Å². The van der Waals surface area contributed by atoms with Crippen molar-refractivity contribution in [3.8, 4) is 0 Å². The van der Waals surface area contributed by atoms with Gasteiger partial charge in [-0.25, -0.2) is 0 Å². The fraction of sp³-hybridized carbons (Fsp3) is 0.571. The third-order valence-electron chi connectivity index (χ3n) is 2.36. The molecule has 0 aromatic rings. The molecule has 0 heterocycles. The van der Waals surface area contributed by atoms with E-state index in [9.17, 15) is 0 Å². The minimum atomic E-state index is 0.630. The predicted molar refractivity (Wildman–Crippen MR) is 66.3 cm³/mol. The van der Waals surface area contributed by atoms with Crippen LogP contribution in [-0.4, -0.2) is 0 Å². The Morgan fingerprint density at radius 2 is 1.79 bits per heavy atom. The summed E-state index contributed by atoms with van der Waals surface area (Å²) in [6.07, 6.45) is 6.57. The van der Waals surface area contributed by atoms with Gasteiger partial charge in [0, 0.05) is 0 Å². The topological polar surface area (TPSA) is 0 Å². The molecular formula is C14H24. The van der Waals surface area contributed by atoms with Crippen molar-refractivity contribution in [1.82, 2.24) is 0 Å². The summed E-state index contributed by atoms with van der Waals surface area (Å²) in [5.74, 6) is 1.38. The van der Waals surface area contributed by atoms with E-state index >= 15 is 0 Å². The van der Waals surface area contributed by atoms with Crippen LogP contribution in [0.1, 0.15) is 40.5 Å². The van der Waals surface area contributed by atoms with E-state index in [4.69, 9.17) is 0 Å². The maximum absolute atomic E-state index is 4.12. The lowest BCUT2D eigenvalue weighted by atomic mass is 9.88. The highest BCUT2D eigenvalue weighted by Crippen LogP contribution is 2.23. The molecule has 0 amide bonds. The first-order chi connectivity index (χ1) is 6.47. The van der Waals surface area contributed by atoms with E-state index < -0.39 is 0 Å². The van der Waals surface area contributed by atoms with Crippen LogP contribution in [0.3, 0.4) is 0 Å². The summed E-state index contributed by atoms with van der Waals surface area (Å²) in [5.41, 5.74) is 2.33. The van der Waals surface area contributed by atoms with Gasteiger partial charge < -0.3 is 0 Å². The minimum Gasteiger partial charge on any atom is -0.0961 e. The molecule has 14 heavy (non-hydrogen) atoms. The van der Waals surface area contributed by atoms with Crippen LogP contribution in [0, 0.1) is 11.8 Å². The maximum atomic E-state index is 4.12. The van der Waals surface area contributed by atoms with E-state index in [-0.39, 0.29) is 0 Å². The molecule has 0 saturated heterocycles. The Balaban J connectivity index is 4.24. The zero-order valence-corrected chi connectivity index (χ0v) is 10.1. The first-order valence-corrected chi connectivity index (χ1v) is 5.49. The lowest BCUT2D eigenvalue weighted by Crippen LogP contribution is -2.04. The van der Waals surface area contributed by atoms with E-state index in [0.717, 1.165) is 11.5 Å². The second kappa shape index (κ2) is 6.64. The molecule has 0 rings (SSSR count). The normalized spacial score (nSPS) is 13.5. The van der Waals surface area contributed by atoms with Crippen LogP contribution in [0.4, 0.5) is 0 Å². The van der Waals surface area contributed by atoms with Crippen molar-refractivity contribution in [3.63, 3.8) is 0 Å².